The fraction of sp³-hybridized carbons (Fsp3) is 0.538. The minimum atomic E-state index is -0.299. The minimum absolute atomic E-state index is 0.0769. The number of hydrogen-bond donors (Lipinski definition) is 0. The summed E-state index contributed by atoms with van der Waals surface area (Å²) in [6.07, 6.45) is 7.06. The molecular formula is C13H15N3O3. The van der Waals surface area contributed by atoms with Crippen LogP contribution < -0.4 is 0 Å². The van der Waals surface area contributed by atoms with Crippen LogP contribution in [0.2, 0.25) is 0 Å². The van der Waals surface area contributed by atoms with Crippen molar-refractivity contribution in [3.8, 4) is 12.3 Å². The second-order valence-electron chi connectivity index (χ2n) is 4.52. The van der Waals surface area contributed by atoms with Gasteiger partial charge in [0.05, 0.1) is 26.0 Å². The SMILES string of the molecule is C#CC1COCCN1C(=O)c1cnc2n1CCOC2. The molecule has 1 unspecified atom stereocenters. The van der Waals surface area contributed by atoms with Crippen LogP contribution in [0.5, 0.6) is 0 Å². The number of rotatable bonds is 1. The van der Waals surface area contributed by atoms with E-state index in [1.807, 2.05) is 4.57 Å². The predicted molar refractivity (Wildman–Crippen MR) is 66.4 cm³/mol. The molecule has 6 nitrogen and oxygen atoms in total. The lowest BCUT2D eigenvalue weighted by Crippen LogP contribution is -2.48. The summed E-state index contributed by atoms with van der Waals surface area (Å²) < 4.78 is 12.5. The Balaban J connectivity index is 1.87. The fourth-order valence-electron chi connectivity index (χ4n) is 2.40. The molecule has 0 N–H and O–H groups in total. The molecule has 3 heterocycles. The minimum Gasteiger partial charge on any atom is -0.376 e. The summed E-state index contributed by atoms with van der Waals surface area (Å²) in [7, 11) is 0. The lowest BCUT2D eigenvalue weighted by molar-refractivity contribution is 0.0126. The molecule has 19 heavy (non-hydrogen) atoms. The van der Waals surface area contributed by atoms with Crippen LogP contribution in [-0.2, 0) is 22.6 Å². The van der Waals surface area contributed by atoms with Crippen molar-refractivity contribution in [2.75, 3.05) is 26.4 Å². The molecule has 3 rings (SSSR count). The van der Waals surface area contributed by atoms with Gasteiger partial charge in [-0.25, -0.2) is 4.98 Å². The zero-order valence-electron chi connectivity index (χ0n) is 10.5. The molecule has 1 aromatic rings. The average molecular weight is 261 g/mol. The Labute approximate surface area is 111 Å². The van der Waals surface area contributed by atoms with E-state index in [2.05, 4.69) is 10.9 Å². The van der Waals surface area contributed by atoms with Crippen molar-refractivity contribution >= 4 is 5.91 Å². The first-order chi connectivity index (χ1) is 9.31. The van der Waals surface area contributed by atoms with Gasteiger partial charge in [0.1, 0.15) is 24.2 Å². The van der Waals surface area contributed by atoms with Crippen LogP contribution in [-0.4, -0.2) is 52.8 Å². The molecule has 6 heteroatoms. The predicted octanol–water partition coefficient (Wildman–Crippen LogP) is -0.113. The van der Waals surface area contributed by atoms with E-state index < -0.39 is 0 Å². The molecule has 0 saturated carbocycles. The molecule has 0 aromatic carbocycles. The summed E-state index contributed by atoms with van der Waals surface area (Å²) >= 11 is 0. The molecule has 0 aliphatic carbocycles. The van der Waals surface area contributed by atoms with Gasteiger partial charge in [0.15, 0.2) is 0 Å². The number of imidazole rings is 1. The van der Waals surface area contributed by atoms with E-state index >= 15 is 0 Å². The Morgan fingerprint density at radius 2 is 2.26 bits per heavy atom. The van der Waals surface area contributed by atoms with Crippen LogP contribution in [0.3, 0.4) is 0 Å². The third-order valence-electron chi connectivity index (χ3n) is 3.43. The van der Waals surface area contributed by atoms with E-state index in [4.69, 9.17) is 15.9 Å². The first-order valence-corrected chi connectivity index (χ1v) is 6.28. The Kier molecular flexibility index (Phi) is 3.23. The van der Waals surface area contributed by atoms with Crippen molar-refractivity contribution in [1.82, 2.24) is 14.5 Å². The van der Waals surface area contributed by atoms with Crippen LogP contribution in [0.25, 0.3) is 0 Å². The van der Waals surface area contributed by atoms with Gasteiger partial charge in [0.25, 0.3) is 5.91 Å². The summed E-state index contributed by atoms with van der Waals surface area (Å²) in [4.78, 5) is 18.5. The Bertz CT molecular complexity index is 532. The van der Waals surface area contributed by atoms with Crippen molar-refractivity contribution in [1.29, 1.82) is 0 Å². The van der Waals surface area contributed by atoms with Crippen LogP contribution >= 0.6 is 0 Å². The number of aromatic nitrogens is 2. The zero-order chi connectivity index (χ0) is 13.2. The number of carbonyl (C=O) groups excluding carboxylic acids is 1. The maximum Gasteiger partial charge on any atom is 0.273 e. The highest BCUT2D eigenvalue weighted by Crippen LogP contribution is 2.16. The number of ether oxygens (including phenoxy) is 2. The van der Waals surface area contributed by atoms with Gasteiger partial charge in [-0.3, -0.25) is 4.79 Å². The number of morpholine rings is 1. The highest BCUT2D eigenvalue weighted by atomic mass is 16.5. The zero-order valence-corrected chi connectivity index (χ0v) is 10.5. The number of amides is 1. The Morgan fingerprint density at radius 3 is 3.11 bits per heavy atom. The third-order valence-corrected chi connectivity index (χ3v) is 3.43. The van der Waals surface area contributed by atoms with Crippen LogP contribution in [0.4, 0.5) is 0 Å². The molecule has 100 valence electrons. The van der Waals surface area contributed by atoms with E-state index in [1.54, 1.807) is 11.1 Å². The van der Waals surface area contributed by atoms with E-state index in [1.165, 1.54) is 0 Å². The molecule has 1 fully saturated rings. The highest BCUT2D eigenvalue weighted by Gasteiger charge is 2.30. The number of nitrogens with zero attached hydrogens (tertiary/aromatic N) is 3. The van der Waals surface area contributed by atoms with Crippen molar-refractivity contribution in [3.63, 3.8) is 0 Å². The third kappa shape index (κ3) is 2.11. The quantitative estimate of drug-likeness (QED) is 0.662. The van der Waals surface area contributed by atoms with Crippen LogP contribution in [0, 0.1) is 12.3 Å². The van der Waals surface area contributed by atoms with E-state index in [9.17, 15) is 4.79 Å². The molecule has 2 aliphatic rings. The molecule has 1 amide bonds. The normalized spacial score (nSPS) is 22.7. The molecule has 0 spiro atoms. The topological polar surface area (TPSA) is 56.6 Å². The van der Waals surface area contributed by atoms with Gasteiger partial charge in [-0.05, 0) is 0 Å². The summed E-state index contributed by atoms with van der Waals surface area (Å²) in [6.45, 7) is 3.15. The lowest BCUT2D eigenvalue weighted by atomic mass is 10.2. The standard InChI is InChI=1S/C13H15N3O3/c1-2-10-8-18-5-3-15(10)13(17)11-7-14-12-9-19-6-4-16(11)12/h1,7,10H,3-6,8-9H2. The van der Waals surface area contributed by atoms with Gasteiger partial charge in [-0.15, -0.1) is 6.42 Å². The van der Waals surface area contributed by atoms with Crippen molar-refractivity contribution in [2.24, 2.45) is 0 Å². The molecule has 2 aliphatic heterocycles. The molecular weight excluding hydrogens is 246 g/mol. The largest absolute Gasteiger partial charge is 0.376 e. The Morgan fingerprint density at radius 1 is 1.42 bits per heavy atom. The summed E-state index contributed by atoms with van der Waals surface area (Å²) in [5, 5.41) is 0. The average Bonchev–Trinajstić information content (AvgIpc) is 2.90. The van der Waals surface area contributed by atoms with Crippen molar-refractivity contribution < 1.29 is 14.3 Å². The maximum atomic E-state index is 12.6. The van der Waals surface area contributed by atoms with Gasteiger partial charge < -0.3 is 18.9 Å². The van der Waals surface area contributed by atoms with Crippen molar-refractivity contribution in [3.05, 3.63) is 17.7 Å². The first kappa shape index (κ1) is 12.2. The smallest absolute Gasteiger partial charge is 0.273 e. The van der Waals surface area contributed by atoms with Crippen molar-refractivity contribution in [2.45, 2.75) is 19.2 Å². The summed E-state index contributed by atoms with van der Waals surface area (Å²) in [5.74, 6) is 3.32. The number of fused-ring (bicyclic) bond motifs is 1. The molecule has 1 saturated heterocycles. The molecule has 0 radical (unpaired) electrons. The lowest BCUT2D eigenvalue weighted by Gasteiger charge is -2.32. The molecule has 1 aromatic heterocycles. The van der Waals surface area contributed by atoms with E-state index in [0.29, 0.717) is 45.2 Å². The molecule has 0 bridgehead atoms. The summed E-state index contributed by atoms with van der Waals surface area (Å²) in [6, 6.07) is -0.299. The highest BCUT2D eigenvalue weighted by molar-refractivity contribution is 5.93. The number of carbonyl (C=O) groups is 1. The van der Waals surface area contributed by atoms with E-state index in [-0.39, 0.29) is 11.9 Å². The van der Waals surface area contributed by atoms with Gasteiger partial charge in [-0.2, -0.15) is 0 Å². The van der Waals surface area contributed by atoms with Gasteiger partial charge >= 0.3 is 0 Å². The number of terminal acetylenes is 1. The van der Waals surface area contributed by atoms with Crippen LogP contribution in [0.1, 0.15) is 16.3 Å². The molecule has 1 atom stereocenters. The van der Waals surface area contributed by atoms with Crippen LogP contribution in [0.15, 0.2) is 6.20 Å². The number of hydrogen-bond acceptors (Lipinski definition) is 4. The maximum absolute atomic E-state index is 12.6. The first-order valence-electron chi connectivity index (χ1n) is 6.28. The van der Waals surface area contributed by atoms with Gasteiger partial charge in [-0.1, -0.05) is 5.92 Å². The monoisotopic (exact) mass is 261 g/mol. The fourth-order valence-corrected chi connectivity index (χ4v) is 2.40. The second-order valence-corrected chi connectivity index (χ2v) is 4.52. The Hall–Kier alpha value is -1.84. The van der Waals surface area contributed by atoms with Gasteiger partial charge in [0, 0.05) is 13.1 Å². The van der Waals surface area contributed by atoms with Gasteiger partial charge in [0.2, 0.25) is 0 Å². The second kappa shape index (κ2) is 5.03. The van der Waals surface area contributed by atoms with E-state index in [0.717, 1.165) is 5.82 Å². The summed E-state index contributed by atoms with van der Waals surface area (Å²) in [5.41, 5.74) is 0.584.